The maximum Gasteiger partial charge on any atom is 0.00966 e. The maximum absolute atomic E-state index is 3.68. The average Bonchev–Trinajstić information content (AvgIpc) is 2.68. The van der Waals surface area contributed by atoms with Gasteiger partial charge in [-0.25, -0.2) is 0 Å². The summed E-state index contributed by atoms with van der Waals surface area (Å²) in [6.45, 7) is 12.7. The van der Waals surface area contributed by atoms with Gasteiger partial charge in [-0.3, -0.25) is 0 Å². The first kappa shape index (κ1) is 15.0. The van der Waals surface area contributed by atoms with Crippen molar-refractivity contribution in [2.24, 2.45) is 17.8 Å². The Balaban J connectivity index is 2.27. The van der Waals surface area contributed by atoms with Gasteiger partial charge in [-0.15, -0.1) is 0 Å². The van der Waals surface area contributed by atoms with Crippen LogP contribution in [0, 0.1) is 17.8 Å². The Labute approximate surface area is 109 Å². The van der Waals surface area contributed by atoms with Crippen molar-refractivity contribution in [1.82, 2.24) is 5.32 Å². The van der Waals surface area contributed by atoms with Crippen LogP contribution in [0.5, 0.6) is 0 Å². The lowest BCUT2D eigenvalue weighted by Crippen LogP contribution is -2.40. The molecule has 0 saturated heterocycles. The molecule has 1 nitrogen and oxygen atoms in total. The zero-order chi connectivity index (χ0) is 12.9. The molecule has 1 aliphatic carbocycles. The molecule has 1 atom stereocenters. The second-order valence-corrected chi connectivity index (χ2v) is 7.36. The zero-order valence-electron chi connectivity index (χ0n) is 12.7. The van der Waals surface area contributed by atoms with E-state index < -0.39 is 0 Å². The molecule has 0 aromatic carbocycles. The largest absolute Gasteiger partial charge is 0.312 e. The van der Waals surface area contributed by atoms with Crippen LogP contribution < -0.4 is 5.32 Å². The first-order valence-electron chi connectivity index (χ1n) is 7.63. The van der Waals surface area contributed by atoms with Gasteiger partial charge in [0.1, 0.15) is 0 Å². The van der Waals surface area contributed by atoms with E-state index in [1.165, 1.54) is 45.1 Å². The van der Waals surface area contributed by atoms with Gasteiger partial charge in [0, 0.05) is 5.54 Å². The van der Waals surface area contributed by atoms with Crippen LogP contribution in [0.3, 0.4) is 0 Å². The van der Waals surface area contributed by atoms with Gasteiger partial charge in [0.15, 0.2) is 0 Å². The predicted molar refractivity (Wildman–Crippen MR) is 77.3 cm³/mol. The Bertz CT molecular complexity index is 196. The standard InChI is InChI=1S/C16H33N/c1-13(2)15(12-17-16(3,4)5)11-10-14-8-6-7-9-14/h13-15,17H,6-12H2,1-5H3. The van der Waals surface area contributed by atoms with Crippen molar-refractivity contribution >= 4 is 0 Å². The SMILES string of the molecule is CC(C)C(CCC1CCCC1)CNC(C)(C)C. The molecule has 1 rings (SSSR count). The van der Waals surface area contributed by atoms with Crippen LogP contribution in [-0.2, 0) is 0 Å². The van der Waals surface area contributed by atoms with Gasteiger partial charge in [-0.1, -0.05) is 46.0 Å². The van der Waals surface area contributed by atoms with E-state index in [1.807, 2.05) is 0 Å². The molecule has 0 aromatic rings. The molecular formula is C16H33N. The minimum absolute atomic E-state index is 0.264. The van der Waals surface area contributed by atoms with Crippen LogP contribution in [0.2, 0.25) is 0 Å². The monoisotopic (exact) mass is 239 g/mol. The van der Waals surface area contributed by atoms with E-state index in [1.54, 1.807) is 0 Å². The van der Waals surface area contributed by atoms with E-state index in [2.05, 4.69) is 39.9 Å². The summed E-state index contributed by atoms with van der Waals surface area (Å²) >= 11 is 0. The van der Waals surface area contributed by atoms with E-state index in [4.69, 9.17) is 0 Å². The summed E-state index contributed by atoms with van der Waals surface area (Å²) in [5.41, 5.74) is 0.264. The third kappa shape index (κ3) is 6.45. The Morgan fingerprint density at radius 2 is 1.71 bits per heavy atom. The molecule has 1 unspecified atom stereocenters. The van der Waals surface area contributed by atoms with E-state index in [0.29, 0.717) is 0 Å². The Morgan fingerprint density at radius 3 is 2.18 bits per heavy atom. The Hall–Kier alpha value is -0.0400. The number of hydrogen-bond acceptors (Lipinski definition) is 1. The third-order valence-corrected chi connectivity index (χ3v) is 4.26. The fourth-order valence-electron chi connectivity index (χ4n) is 2.86. The van der Waals surface area contributed by atoms with E-state index >= 15 is 0 Å². The van der Waals surface area contributed by atoms with Gasteiger partial charge >= 0.3 is 0 Å². The van der Waals surface area contributed by atoms with Gasteiger partial charge in [0.25, 0.3) is 0 Å². The van der Waals surface area contributed by atoms with E-state index in [9.17, 15) is 0 Å². The summed E-state index contributed by atoms with van der Waals surface area (Å²) in [6.07, 6.45) is 8.85. The van der Waals surface area contributed by atoms with Gasteiger partial charge in [0.05, 0.1) is 0 Å². The van der Waals surface area contributed by atoms with Crippen molar-refractivity contribution in [3.05, 3.63) is 0 Å². The molecule has 0 bridgehead atoms. The summed E-state index contributed by atoms with van der Waals surface area (Å²) in [5.74, 6) is 2.71. The molecule has 0 radical (unpaired) electrons. The third-order valence-electron chi connectivity index (χ3n) is 4.26. The van der Waals surface area contributed by atoms with Crippen molar-refractivity contribution in [3.63, 3.8) is 0 Å². The average molecular weight is 239 g/mol. The van der Waals surface area contributed by atoms with Gasteiger partial charge in [0.2, 0.25) is 0 Å². The molecule has 0 aliphatic heterocycles. The number of hydrogen-bond donors (Lipinski definition) is 1. The Morgan fingerprint density at radius 1 is 1.12 bits per heavy atom. The lowest BCUT2D eigenvalue weighted by atomic mass is 9.87. The fourth-order valence-corrected chi connectivity index (χ4v) is 2.86. The van der Waals surface area contributed by atoms with Crippen molar-refractivity contribution in [3.8, 4) is 0 Å². The maximum atomic E-state index is 3.68. The molecular weight excluding hydrogens is 206 g/mol. The fraction of sp³-hybridized carbons (Fsp3) is 1.00. The van der Waals surface area contributed by atoms with Crippen LogP contribution in [0.15, 0.2) is 0 Å². The molecule has 0 spiro atoms. The first-order chi connectivity index (χ1) is 7.88. The molecule has 1 aliphatic rings. The molecule has 102 valence electrons. The predicted octanol–water partition coefficient (Wildman–Crippen LogP) is 4.62. The van der Waals surface area contributed by atoms with Crippen LogP contribution in [-0.4, -0.2) is 12.1 Å². The molecule has 0 amide bonds. The molecule has 1 heteroatoms. The summed E-state index contributed by atoms with van der Waals surface area (Å²) in [4.78, 5) is 0. The summed E-state index contributed by atoms with van der Waals surface area (Å²) < 4.78 is 0. The topological polar surface area (TPSA) is 12.0 Å². The summed E-state index contributed by atoms with van der Waals surface area (Å²) in [5, 5.41) is 3.68. The zero-order valence-corrected chi connectivity index (χ0v) is 12.7. The molecule has 0 heterocycles. The lowest BCUT2D eigenvalue weighted by Gasteiger charge is -2.28. The van der Waals surface area contributed by atoms with Crippen molar-refractivity contribution in [2.45, 2.75) is 78.7 Å². The molecule has 0 aromatic heterocycles. The number of nitrogens with one attached hydrogen (secondary N) is 1. The molecule has 1 fully saturated rings. The second kappa shape index (κ2) is 6.78. The molecule has 17 heavy (non-hydrogen) atoms. The van der Waals surface area contributed by atoms with Gasteiger partial charge in [-0.2, -0.15) is 0 Å². The first-order valence-corrected chi connectivity index (χ1v) is 7.63. The quantitative estimate of drug-likeness (QED) is 0.713. The second-order valence-electron chi connectivity index (χ2n) is 7.36. The van der Waals surface area contributed by atoms with Crippen LogP contribution in [0.1, 0.15) is 73.1 Å². The van der Waals surface area contributed by atoms with Gasteiger partial charge < -0.3 is 5.32 Å². The van der Waals surface area contributed by atoms with Crippen molar-refractivity contribution < 1.29 is 0 Å². The lowest BCUT2D eigenvalue weighted by molar-refractivity contribution is 0.278. The smallest absolute Gasteiger partial charge is 0.00966 e. The highest BCUT2D eigenvalue weighted by atomic mass is 14.9. The Kier molecular flexibility index (Phi) is 5.99. The van der Waals surface area contributed by atoms with Crippen LogP contribution in [0.25, 0.3) is 0 Å². The minimum atomic E-state index is 0.264. The minimum Gasteiger partial charge on any atom is -0.312 e. The van der Waals surface area contributed by atoms with Crippen molar-refractivity contribution in [1.29, 1.82) is 0 Å². The number of rotatable bonds is 6. The highest BCUT2D eigenvalue weighted by Crippen LogP contribution is 2.31. The summed E-state index contributed by atoms with van der Waals surface area (Å²) in [7, 11) is 0. The summed E-state index contributed by atoms with van der Waals surface area (Å²) in [6, 6.07) is 0. The highest BCUT2D eigenvalue weighted by molar-refractivity contribution is 4.76. The van der Waals surface area contributed by atoms with Crippen LogP contribution in [0.4, 0.5) is 0 Å². The molecule has 1 N–H and O–H groups in total. The molecule has 1 saturated carbocycles. The van der Waals surface area contributed by atoms with Crippen LogP contribution >= 0.6 is 0 Å². The highest BCUT2D eigenvalue weighted by Gasteiger charge is 2.20. The normalized spacial score (nSPS) is 20.1. The van der Waals surface area contributed by atoms with E-state index in [0.717, 1.165) is 17.8 Å². The van der Waals surface area contributed by atoms with Crippen molar-refractivity contribution in [2.75, 3.05) is 6.54 Å². The van der Waals surface area contributed by atoms with Gasteiger partial charge in [-0.05, 0) is 51.5 Å². The van der Waals surface area contributed by atoms with E-state index in [-0.39, 0.29) is 5.54 Å².